The average molecular weight is 167 g/mol. The van der Waals surface area contributed by atoms with E-state index in [1.54, 1.807) is 12.1 Å². The van der Waals surface area contributed by atoms with Crippen LogP contribution in [0.3, 0.4) is 0 Å². The lowest BCUT2D eigenvalue weighted by molar-refractivity contribution is -0.133. The number of aliphatic carboxylic acids is 1. The Bertz CT molecular complexity index is 233. The lowest BCUT2D eigenvalue weighted by Crippen LogP contribution is -1.96. The highest BCUT2D eigenvalue weighted by Gasteiger charge is 1.97. The number of carbonyl (C=O) groups is 1. The largest absolute Gasteiger partial charge is 0.481 e. The molecule has 57 valence electrons. The molecule has 0 aliphatic carbocycles. The Balaban J connectivity index is 2.45. The summed E-state index contributed by atoms with van der Waals surface area (Å²) in [7, 11) is 0. The van der Waals surface area contributed by atoms with E-state index in [1.165, 1.54) is 11.8 Å². The maximum absolute atomic E-state index is 10.1. The maximum Gasteiger partial charge on any atom is 0.313 e. The number of carboxylic acid groups (broad SMARTS) is 1. The molecular weight excluding hydrogens is 160 g/mol. The van der Waals surface area contributed by atoms with E-state index in [4.69, 9.17) is 5.11 Å². The maximum atomic E-state index is 10.1. The molecule has 1 rings (SSSR count). The summed E-state index contributed by atoms with van der Waals surface area (Å²) in [4.78, 5) is 11.1. The van der Waals surface area contributed by atoms with Crippen LogP contribution in [0.4, 0.5) is 0 Å². The van der Waals surface area contributed by atoms with Crippen LogP contribution in [-0.4, -0.2) is 16.8 Å². The van der Waals surface area contributed by atoms with Crippen LogP contribution in [0.15, 0.2) is 29.2 Å². The van der Waals surface area contributed by atoms with E-state index in [0.29, 0.717) is 0 Å². The van der Waals surface area contributed by atoms with Gasteiger partial charge in [0.2, 0.25) is 0 Å². The summed E-state index contributed by atoms with van der Waals surface area (Å²) >= 11 is 1.31. The van der Waals surface area contributed by atoms with Gasteiger partial charge < -0.3 is 5.11 Å². The number of hydrogen-bond acceptors (Lipinski definition) is 2. The van der Waals surface area contributed by atoms with Crippen molar-refractivity contribution in [2.45, 2.75) is 4.90 Å². The minimum atomic E-state index is -0.789. The fourth-order valence-corrected chi connectivity index (χ4v) is 1.23. The van der Waals surface area contributed by atoms with Crippen molar-refractivity contribution in [3.05, 3.63) is 30.3 Å². The summed E-state index contributed by atoms with van der Waals surface area (Å²) in [6.45, 7) is 0. The first kappa shape index (κ1) is 8.14. The molecule has 1 radical (unpaired) electrons. The van der Waals surface area contributed by atoms with E-state index in [1.807, 2.05) is 12.1 Å². The number of carboxylic acids is 1. The third-order valence-electron chi connectivity index (χ3n) is 1.05. The van der Waals surface area contributed by atoms with Gasteiger partial charge in [-0.1, -0.05) is 12.1 Å². The number of thioether (sulfide) groups is 1. The lowest BCUT2D eigenvalue weighted by atomic mass is 10.4. The van der Waals surface area contributed by atoms with E-state index >= 15 is 0 Å². The zero-order chi connectivity index (χ0) is 8.10. The van der Waals surface area contributed by atoms with Crippen LogP contribution < -0.4 is 0 Å². The first-order chi connectivity index (χ1) is 5.29. The Hall–Kier alpha value is -0.960. The normalized spacial score (nSPS) is 9.45. The van der Waals surface area contributed by atoms with Gasteiger partial charge in [0.05, 0.1) is 5.75 Å². The van der Waals surface area contributed by atoms with Crippen molar-refractivity contribution in [3.8, 4) is 0 Å². The molecule has 0 atom stereocenters. The van der Waals surface area contributed by atoms with E-state index < -0.39 is 5.97 Å². The van der Waals surface area contributed by atoms with E-state index in [9.17, 15) is 4.79 Å². The van der Waals surface area contributed by atoms with E-state index in [-0.39, 0.29) is 5.75 Å². The van der Waals surface area contributed by atoms with Crippen molar-refractivity contribution in [2.75, 3.05) is 5.75 Å². The zero-order valence-corrected chi connectivity index (χ0v) is 6.60. The second kappa shape index (κ2) is 4.03. The van der Waals surface area contributed by atoms with Gasteiger partial charge in [0, 0.05) is 4.90 Å². The SMILES string of the molecule is O=C(O)CSc1cc[c]cc1. The Kier molecular flexibility index (Phi) is 2.98. The summed E-state index contributed by atoms with van der Waals surface area (Å²) < 4.78 is 0. The van der Waals surface area contributed by atoms with Gasteiger partial charge in [0.25, 0.3) is 0 Å². The van der Waals surface area contributed by atoms with Crippen LogP contribution >= 0.6 is 11.8 Å². The molecule has 3 heteroatoms. The number of rotatable bonds is 3. The van der Waals surface area contributed by atoms with Gasteiger partial charge >= 0.3 is 5.97 Å². The van der Waals surface area contributed by atoms with Crippen LogP contribution in [0.5, 0.6) is 0 Å². The monoisotopic (exact) mass is 167 g/mol. The summed E-state index contributed by atoms with van der Waals surface area (Å²) in [5.74, 6) is -0.674. The Labute approximate surface area is 69.2 Å². The van der Waals surface area contributed by atoms with Crippen molar-refractivity contribution in [1.82, 2.24) is 0 Å². The van der Waals surface area contributed by atoms with Crippen LogP contribution in [0.25, 0.3) is 0 Å². The topological polar surface area (TPSA) is 37.3 Å². The minimum Gasteiger partial charge on any atom is -0.481 e. The second-order valence-electron chi connectivity index (χ2n) is 1.92. The van der Waals surface area contributed by atoms with Gasteiger partial charge in [-0.15, -0.1) is 11.8 Å². The molecule has 0 saturated heterocycles. The van der Waals surface area contributed by atoms with Crippen LogP contribution in [0, 0.1) is 6.07 Å². The highest BCUT2D eigenvalue weighted by atomic mass is 32.2. The van der Waals surface area contributed by atoms with Crippen molar-refractivity contribution >= 4 is 17.7 Å². The molecule has 0 bridgehead atoms. The van der Waals surface area contributed by atoms with Crippen molar-refractivity contribution in [1.29, 1.82) is 0 Å². The molecule has 0 aromatic heterocycles. The fourth-order valence-electron chi connectivity index (χ4n) is 0.613. The number of hydrogen-bond donors (Lipinski definition) is 1. The summed E-state index contributed by atoms with van der Waals surface area (Å²) in [6, 6.07) is 10.1. The highest BCUT2D eigenvalue weighted by Crippen LogP contribution is 2.15. The molecule has 0 saturated carbocycles. The van der Waals surface area contributed by atoms with Gasteiger partial charge in [0.15, 0.2) is 0 Å². The Morgan fingerprint density at radius 3 is 2.73 bits per heavy atom. The molecule has 1 N–H and O–H groups in total. The zero-order valence-electron chi connectivity index (χ0n) is 5.78. The molecule has 1 aromatic carbocycles. The molecule has 0 spiro atoms. The van der Waals surface area contributed by atoms with Crippen molar-refractivity contribution in [3.63, 3.8) is 0 Å². The Morgan fingerprint density at radius 2 is 2.18 bits per heavy atom. The molecule has 0 unspecified atom stereocenters. The average Bonchev–Trinajstić information content (AvgIpc) is 2.03. The summed E-state index contributed by atoms with van der Waals surface area (Å²) in [5, 5.41) is 8.35. The number of benzene rings is 1. The Morgan fingerprint density at radius 1 is 1.55 bits per heavy atom. The molecule has 2 nitrogen and oxygen atoms in total. The molecule has 0 fully saturated rings. The lowest BCUT2D eigenvalue weighted by Gasteiger charge is -1.95. The van der Waals surface area contributed by atoms with E-state index in [2.05, 4.69) is 6.07 Å². The molecule has 0 heterocycles. The van der Waals surface area contributed by atoms with Gasteiger partial charge in [-0.2, -0.15) is 0 Å². The third kappa shape index (κ3) is 3.09. The van der Waals surface area contributed by atoms with Crippen molar-refractivity contribution < 1.29 is 9.90 Å². The molecular formula is C8H7O2S. The van der Waals surface area contributed by atoms with Crippen LogP contribution in [0.1, 0.15) is 0 Å². The highest BCUT2D eigenvalue weighted by molar-refractivity contribution is 8.00. The quantitative estimate of drug-likeness (QED) is 0.696. The summed E-state index contributed by atoms with van der Waals surface area (Å²) in [6.07, 6.45) is 0. The second-order valence-corrected chi connectivity index (χ2v) is 2.97. The smallest absolute Gasteiger partial charge is 0.313 e. The first-order valence-corrected chi connectivity index (χ1v) is 4.08. The van der Waals surface area contributed by atoms with Crippen molar-refractivity contribution in [2.24, 2.45) is 0 Å². The molecule has 0 aliphatic heterocycles. The molecule has 11 heavy (non-hydrogen) atoms. The van der Waals surface area contributed by atoms with E-state index in [0.717, 1.165) is 4.90 Å². The van der Waals surface area contributed by atoms with Gasteiger partial charge in [-0.25, -0.2) is 0 Å². The molecule has 1 aromatic rings. The standard InChI is InChI=1S/C8H7O2S/c9-8(10)6-11-7-4-2-1-3-5-7/h2-5H,6H2,(H,9,10). The minimum absolute atomic E-state index is 0.115. The van der Waals surface area contributed by atoms with Crippen LogP contribution in [0.2, 0.25) is 0 Å². The van der Waals surface area contributed by atoms with Gasteiger partial charge in [0.1, 0.15) is 0 Å². The predicted molar refractivity (Wildman–Crippen MR) is 43.6 cm³/mol. The third-order valence-corrected chi connectivity index (χ3v) is 2.05. The van der Waals surface area contributed by atoms with Crippen LogP contribution in [-0.2, 0) is 4.79 Å². The predicted octanol–water partition coefficient (Wildman–Crippen LogP) is 1.66. The molecule has 0 aliphatic rings. The first-order valence-electron chi connectivity index (χ1n) is 3.10. The molecule has 0 amide bonds. The van der Waals surface area contributed by atoms with Gasteiger partial charge in [-0.3, -0.25) is 4.79 Å². The summed E-state index contributed by atoms with van der Waals surface area (Å²) in [5.41, 5.74) is 0. The van der Waals surface area contributed by atoms with Gasteiger partial charge in [-0.05, 0) is 18.2 Å². The fraction of sp³-hybridized carbons (Fsp3) is 0.125.